The van der Waals surface area contributed by atoms with Gasteiger partial charge in [-0.2, -0.15) is 5.06 Å². The molecule has 0 aliphatic carbocycles. The molecular formula is C20H24N2O2. The summed E-state index contributed by atoms with van der Waals surface area (Å²) >= 11 is 0. The summed E-state index contributed by atoms with van der Waals surface area (Å²) in [6.45, 7) is 2.46. The fourth-order valence-corrected chi connectivity index (χ4v) is 4.16. The maximum atomic E-state index is 11.0. The molecule has 0 radical (unpaired) electrons. The molecular weight excluding hydrogens is 300 g/mol. The van der Waals surface area contributed by atoms with Gasteiger partial charge in [-0.05, 0) is 18.2 Å². The predicted molar refractivity (Wildman–Crippen MR) is 93.0 cm³/mol. The largest absolute Gasteiger partial charge is 0.387 e. The fourth-order valence-electron chi connectivity index (χ4n) is 4.16. The second kappa shape index (κ2) is 6.65. The first kappa shape index (κ1) is 15.8. The molecule has 0 aromatic heterocycles. The molecule has 2 fully saturated rings. The summed E-state index contributed by atoms with van der Waals surface area (Å²) in [7, 11) is 2.11. The van der Waals surface area contributed by atoms with Crippen molar-refractivity contribution in [2.75, 3.05) is 20.2 Å². The van der Waals surface area contributed by atoms with Gasteiger partial charge in [-0.1, -0.05) is 60.7 Å². The van der Waals surface area contributed by atoms with Crippen LogP contribution in [0.15, 0.2) is 60.7 Å². The molecule has 0 unspecified atom stereocenters. The molecule has 2 aromatic rings. The Morgan fingerprint density at radius 1 is 1.08 bits per heavy atom. The Labute approximate surface area is 143 Å². The monoisotopic (exact) mass is 324 g/mol. The lowest BCUT2D eigenvalue weighted by atomic mass is 9.92. The summed E-state index contributed by atoms with van der Waals surface area (Å²) in [5, 5.41) is 13.1. The van der Waals surface area contributed by atoms with Crippen molar-refractivity contribution < 1.29 is 9.94 Å². The highest BCUT2D eigenvalue weighted by molar-refractivity contribution is 5.21. The Kier molecular flexibility index (Phi) is 4.37. The molecule has 2 saturated heterocycles. The lowest BCUT2D eigenvalue weighted by Crippen LogP contribution is -2.45. The Morgan fingerprint density at radius 2 is 1.75 bits per heavy atom. The number of rotatable bonds is 4. The molecule has 4 rings (SSSR count). The predicted octanol–water partition coefficient (Wildman–Crippen LogP) is 2.47. The van der Waals surface area contributed by atoms with Gasteiger partial charge >= 0.3 is 0 Å². The van der Waals surface area contributed by atoms with E-state index in [0.29, 0.717) is 5.92 Å². The maximum Gasteiger partial charge on any atom is 0.0961 e. The van der Waals surface area contributed by atoms with Crippen LogP contribution in [-0.4, -0.2) is 47.4 Å². The first-order valence-electron chi connectivity index (χ1n) is 8.61. The summed E-state index contributed by atoms with van der Waals surface area (Å²) in [5.41, 5.74) is 2.21. The number of benzene rings is 2. The second-order valence-electron chi connectivity index (χ2n) is 6.89. The first-order chi connectivity index (χ1) is 11.7. The standard InChI is InChI=1S/C20H24N2O2/c1-21-13-17-14-24-22(12-15-8-4-2-5-9-15)18(17)19(21)20(23)16-10-6-3-7-11-16/h2-11,17-20,23H,12-14H2,1H3/t17-,18+,19+,20+/m1/s1. The minimum Gasteiger partial charge on any atom is -0.387 e. The van der Waals surface area contributed by atoms with Crippen molar-refractivity contribution in [2.45, 2.75) is 24.7 Å². The highest BCUT2D eigenvalue weighted by Crippen LogP contribution is 2.39. The fraction of sp³-hybridized carbons (Fsp3) is 0.400. The number of likely N-dealkylation sites (N-methyl/N-ethyl adjacent to an activating group) is 1. The van der Waals surface area contributed by atoms with Crippen LogP contribution in [0.3, 0.4) is 0 Å². The maximum absolute atomic E-state index is 11.0. The van der Waals surface area contributed by atoms with Gasteiger partial charge in [-0.3, -0.25) is 9.74 Å². The number of aliphatic hydroxyl groups excluding tert-OH is 1. The van der Waals surface area contributed by atoms with E-state index in [2.05, 4.69) is 41.3 Å². The molecule has 1 N–H and O–H groups in total. The zero-order valence-electron chi connectivity index (χ0n) is 14.0. The van der Waals surface area contributed by atoms with Gasteiger partial charge in [-0.15, -0.1) is 0 Å². The number of nitrogens with zero attached hydrogens (tertiary/aromatic N) is 2. The Morgan fingerprint density at radius 3 is 2.46 bits per heavy atom. The lowest BCUT2D eigenvalue weighted by molar-refractivity contribution is -0.157. The molecule has 0 saturated carbocycles. The van der Waals surface area contributed by atoms with Crippen LogP contribution in [0, 0.1) is 5.92 Å². The molecule has 2 aliphatic rings. The molecule has 4 heteroatoms. The van der Waals surface area contributed by atoms with Crippen molar-refractivity contribution in [2.24, 2.45) is 5.92 Å². The summed E-state index contributed by atoms with van der Waals surface area (Å²) in [4.78, 5) is 8.27. The topological polar surface area (TPSA) is 35.9 Å². The van der Waals surface area contributed by atoms with Gasteiger partial charge in [0.1, 0.15) is 0 Å². The average Bonchev–Trinajstić information content (AvgIpc) is 3.14. The van der Waals surface area contributed by atoms with Crippen molar-refractivity contribution in [3.05, 3.63) is 71.8 Å². The third-order valence-electron chi connectivity index (χ3n) is 5.30. The van der Waals surface area contributed by atoms with E-state index in [1.165, 1.54) is 5.56 Å². The molecule has 2 heterocycles. The van der Waals surface area contributed by atoms with E-state index >= 15 is 0 Å². The SMILES string of the molecule is CN1C[C@@H]2CON(Cc3ccccc3)[C@@H]2[C@H]1[C@@H](O)c1ccccc1. The van der Waals surface area contributed by atoms with E-state index in [1.54, 1.807) is 0 Å². The minimum absolute atomic E-state index is 0.0450. The van der Waals surface area contributed by atoms with Gasteiger partial charge in [0.2, 0.25) is 0 Å². The number of hydrogen-bond donors (Lipinski definition) is 1. The highest BCUT2D eigenvalue weighted by Gasteiger charge is 2.51. The first-order valence-corrected chi connectivity index (χ1v) is 8.61. The van der Waals surface area contributed by atoms with Crippen molar-refractivity contribution in [3.63, 3.8) is 0 Å². The van der Waals surface area contributed by atoms with Crippen LogP contribution in [0.1, 0.15) is 17.2 Å². The van der Waals surface area contributed by atoms with Gasteiger partial charge < -0.3 is 5.11 Å². The molecule has 4 atom stereocenters. The number of hydrogen-bond acceptors (Lipinski definition) is 4. The number of hydroxylamine groups is 2. The van der Waals surface area contributed by atoms with E-state index in [0.717, 1.165) is 25.3 Å². The zero-order valence-corrected chi connectivity index (χ0v) is 14.0. The Balaban J connectivity index is 1.57. The van der Waals surface area contributed by atoms with Crippen LogP contribution in [0.25, 0.3) is 0 Å². The van der Waals surface area contributed by atoms with Crippen LogP contribution in [0.4, 0.5) is 0 Å². The summed E-state index contributed by atoms with van der Waals surface area (Å²) in [5.74, 6) is 0.446. The van der Waals surface area contributed by atoms with E-state index in [-0.39, 0.29) is 12.1 Å². The van der Waals surface area contributed by atoms with E-state index < -0.39 is 6.10 Å². The molecule has 126 valence electrons. The second-order valence-corrected chi connectivity index (χ2v) is 6.89. The van der Waals surface area contributed by atoms with Crippen molar-refractivity contribution >= 4 is 0 Å². The summed E-state index contributed by atoms with van der Waals surface area (Å²) in [6, 6.07) is 20.6. The number of aliphatic hydroxyl groups is 1. The zero-order chi connectivity index (χ0) is 16.5. The average molecular weight is 324 g/mol. The van der Waals surface area contributed by atoms with E-state index in [9.17, 15) is 5.11 Å². The Bertz CT molecular complexity index is 664. The van der Waals surface area contributed by atoms with Crippen LogP contribution in [0.5, 0.6) is 0 Å². The molecule has 2 aliphatic heterocycles. The normalized spacial score (nSPS) is 28.8. The van der Waals surface area contributed by atoms with Gasteiger partial charge in [0, 0.05) is 19.0 Å². The van der Waals surface area contributed by atoms with Gasteiger partial charge in [0.15, 0.2) is 0 Å². The summed E-state index contributed by atoms with van der Waals surface area (Å²) in [6.07, 6.45) is -0.508. The van der Waals surface area contributed by atoms with Crippen LogP contribution in [0.2, 0.25) is 0 Å². The molecule has 0 spiro atoms. The van der Waals surface area contributed by atoms with Crippen molar-refractivity contribution in [1.29, 1.82) is 0 Å². The number of likely N-dealkylation sites (tertiary alicyclic amines) is 1. The third kappa shape index (κ3) is 2.87. The lowest BCUT2D eigenvalue weighted by Gasteiger charge is -2.33. The van der Waals surface area contributed by atoms with Crippen molar-refractivity contribution in [3.8, 4) is 0 Å². The molecule has 0 amide bonds. The van der Waals surface area contributed by atoms with Crippen LogP contribution in [-0.2, 0) is 11.4 Å². The molecule has 0 bridgehead atoms. The van der Waals surface area contributed by atoms with E-state index in [4.69, 9.17) is 4.84 Å². The molecule has 2 aromatic carbocycles. The van der Waals surface area contributed by atoms with Gasteiger partial charge in [0.05, 0.1) is 24.8 Å². The van der Waals surface area contributed by atoms with Crippen LogP contribution >= 0.6 is 0 Å². The highest BCUT2D eigenvalue weighted by atomic mass is 16.7. The quantitative estimate of drug-likeness (QED) is 0.937. The third-order valence-corrected chi connectivity index (χ3v) is 5.30. The Hall–Kier alpha value is -1.72. The minimum atomic E-state index is -0.508. The molecule has 4 nitrogen and oxygen atoms in total. The number of fused-ring (bicyclic) bond motifs is 1. The van der Waals surface area contributed by atoms with Crippen molar-refractivity contribution in [1.82, 2.24) is 9.96 Å². The van der Waals surface area contributed by atoms with Crippen LogP contribution < -0.4 is 0 Å². The van der Waals surface area contributed by atoms with E-state index in [1.807, 2.05) is 36.4 Å². The van der Waals surface area contributed by atoms with Gasteiger partial charge in [-0.25, -0.2) is 0 Å². The molecule has 24 heavy (non-hydrogen) atoms. The van der Waals surface area contributed by atoms with Gasteiger partial charge in [0.25, 0.3) is 0 Å². The summed E-state index contributed by atoms with van der Waals surface area (Å²) < 4.78 is 0. The smallest absolute Gasteiger partial charge is 0.0961 e.